The first-order chi connectivity index (χ1) is 8.88. The minimum absolute atomic E-state index is 0.379. The maximum atomic E-state index is 9.70. The average molecular weight is 279 g/mol. The Morgan fingerprint density at radius 1 is 1.21 bits per heavy atom. The summed E-state index contributed by atoms with van der Waals surface area (Å²) < 4.78 is 5.18. The number of nitrogens with two attached hydrogens (primary N) is 2. The zero-order chi connectivity index (χ0) is 15.2. The molecule has 114 valence electrons. The molecule has 5 atom stereocenters. The Kier molecular flexibility index (Phi) is 7.91. The number of rotatable bonds is 3. The van der Waals surface area contributed by atoms with Crippen molar-refractivity contribution in [3.63, 3.8) is 0 Å². The summed E-state index contributed by atoms with van der Waals surface area (Å²) in [7, 11) is 0. The van der Waals surface area contributed by atoms with Gasteiger partial charge in [0.05, 0.1) is 6.61 Å². The molecular formula is C11H25N3O5. The van der Waals surface area contributed by atoms with Crippen LogP contribution >= 0.6 is 0 Å². The fourth-order valence-electron chi connectivity index (χ4n) is 1.64. The summed E-state index contributed by atoms with van der Waals surface area (Å²) in [5, 5.41) is 38.7. The van der Waals surface area contributed by atoms with E-state index in [2.05, 4.69) is 0 Å². The van der Waals surface area contributed by atoms with Gasteiger partial charge in [-0.3, -0.25) is 5.01 Å². The van der Waals surface area contributed by atoms with Crippen molar-refractivity contribution in [3.8, 4) is 0 Å². The van der Waals surface area contributed by atoms with Crippen LogP contribution in [0.25, 0.3) is 0 Å². The molecule has 1 aliphatic rings. The van der Waals surface area contributed by atoms with Gasteiger partial charge in [-0.1, -0.05) is 13.8 Å². The van der Waals surface area contributed by atoms with E-state index in [4.69, 9.17) is 21.4 Å². The molecule has 8 heteroatoms. The van der Waals surface area contributed by atoms with Gasteiger partial charge in [0.25, 0.3) is 0 Å². The second-order valence-corrected chi connectivity index (χ2v) is 4.04. The molecule has 8 nitrogen and oxygen atoms in total. The van der Waals surface area contributed by atoms with Crippen molar-refractivity contribution >= 4 is 0 Å². The van der Waals surface area contributed by atoms with E-state index in [-0.39, 0.29) is 0 Å². The van der Waals surface area contributed by atoms with Crippen LogP contribution in [0.1, 0.15) is 20.8 Å². The number of aliphatic hydroxyl groups is 4. The molecular weight excluding hydrogens is 254 g/mol. The minimum atomic E-state index is -1.46. The molecule has 1 aliphatic heterocycles. The van der Waals surface area contributed by atoms with Gasteiger partial charge in [0.15, 0.2) is 6.23 Å². The molecule has 1 heterocycles. The number of hydrogen-bond acceptors (Lipinski definition) is 8. The lowest BCUT2D eigenvalue weighted by molar-refractivity contribution is -0.259. The molecule has 0 amide bonds. The van der Waals surface area contributed by atoms with Crippen LogP contribution in [0.4, 0.5) is 0 Å². The normalized spacial score (nSPS) is 35.4. The molecule has 5 unspecified atom stereocenters. The second kappa shape index (κ2) is 8.31. The van der Waals surface area contributed by atoms with Crippen LogP contribution in [0.5, 0.6) is 0 Å². The Labute approximate surface area is 112 Å². The van der Waals surface area contributed by atoms with E-state index in [1.54, 1.807) is 6.92 Å². The third-order valence-corrected chi connectivity index (χ3v) is 2.51. The Morgan fingerprint density at radius 2 is 1.74 bits per heavy atom. The van der Waals surface area contributed by atoms with E-state index in [0.717, 1.165) is 5.01 Å². The Morgan fingerprint density at radius 3 is 2.16 bits per heavy atom. The van der Waals surface area contributed by atoms with Crippen molar-refractivity contribution in [3.05, 3.63) is 11.9 Å². The maximum Gasteiger partial charge on any atom is 0.172 e. The van der Waals surface area contributed by atoms with Gasteiger partial charge in [0.2, 0.25) is 0 Å². The number of aliphatic hydroxyl groups excluding tert-OH is 4. The molecule has 0 aromatic carbocycles. The topological polar surface area (TPSA) is 145 Å². The summed E-state index contributed by atoms with van der Waals surface area (Å²) >= 11 is 0. The second-order valence-electron chi connectivity index (χ2n) is 4.04. The quantitative estimate of drug-likeness (QED) is 0.252. The van der Waals surface area contributed by atoms with Crippen molar-refractivity contribution in [1.29, 1.82) is 0 Å². The maximum absolute atomic E-state index is 9.70. The van der Waals surface area contributed by atoms with Gasteiger partial charge in [-0.15, -0.1) is 0 Å². The number of allylic oxidation sites excluding steroid dienone is 1. The van der Waals surface area contributed by atoms with Gasteiger partial charge < -0.3 is 30.9 Å². The number of ether oxygens (including phenoxy) is 1. The van der Waals surface area contributed by atoms with Gasteiger partial charge in [-0.2, -0.15) is 0 Å². The molecule has 0 aliphatic carbocycles. The van der Waals surface area contributed by atoms with Crippen molar-refractivity contribution in [2.45, 2.75) is 51.4 Å². The number of nitrogens with zero attached hydrogens (tertiary/aromatic N) is 1. The van der Waals surface area contributed by atoms with Crippen molar-refractivity contribution in [1.82, 2.24) is 5.01 Å². The van der Waals surface area contributed by atoms with E-state index in [1.807, 2.05) is 13.8 Å². The van der Waals surface area contributed by atoms with E-state index in [9.17, 15) is 15.3 Å². The first-order valence-corrected chi connectivity index (χ1v) is 6.16. The van der Waals surface area contributed by atoms with Crippen LogP contribution in [0.15, 0.2) is 11.9 Å². The van der Waals surface area contributed by atoms with Crippen molar-refractivity contribution < 1.29 is 25.2 Å². The molecule has 1 rings (SSSR count). The molecule has 0 aromatic heterocycles. The predicted molar refractivity (Wildman–Crippen MR) is 69.1 cm³/mol. The molecule has 19 heavy (non-hydrogen) atoms. The summed E-state index contributed by atoms with van der Waals surface area (Å²) in [5.41, 5.74) is 5.79. The lowest BCUT2D eigenvalue weighted by Crippen LogP contribution is -2.63. The number of hydrazine groups is 1. The highest BCUT2D eigenvalue weighted by Gasteiger charge is 2.44. The highest BCUT2D eigenvalue weighted by atomic mass is 16.6. The minimum Gasteiger partial charge on any atom is -0.401 e. The molecule has 0 spiro atoms. The van der Waals surface area contributed by atoms with Crippen LogP contribution < -0.4 is 11.6 Å². The van der Waals surface area contributed by atoms with Crippen LogP contribution in [-0.4, -0.2) is 62.7 Å². The standard InChI is InChI=1S/C9H19N3O5.C2H6/c1-4(10)2-12(11)9-8(16)7(15)6(14)5(3-13)17-9;1-2/h2,5-9,13-16H,3,10-11H2,1H3;1-2H3/b4-2-;. The van der Waals surface area contributed by atoms with Crippen LogP contribution in [0.2, 0.25) is 0 Å². The summed E-state index contributed by atoms with van der Waals surface area (Å²) in [6, 6.07) is 0. The zero-order valence-corrected chi connectivity index (χ0v) is 11.5. The molecule has 8 N–H and O–H groups in total. The van der Waals surface area contributed by atoms with Gasteiger partial charge >= 0.3 is 0 Å². The highest BCUT2D eigenvalue weighted by molar-refractivity contribution is 4.96. The Bertz CT molecular complexity index is 284. The van der Waals surface area contributed by atoms with Crippen LogP contribution in [0.3, 0.4) is 0 Å². The fraction of sp³-hybridized carbons (Fsp3) is 0.818. The lowest BCUT2D eigenvalue weighted by atomic mass is 9.98. The van der Waals surface area contributed by atoms with Crippen LogP contribution in [-0.2, 0) is 4.74 Å². The van der Waals surface area contributed by atoms with Crippen molar-refractivity contribution in [2.24, 2.45) is 11.6 Å². The van der Waals surface area contributed by atoms with Gasteiger partial charge in [0.1, 0.15) is 24.4 Å². The molecule has 1 fully saturated rings. The van der Waals surface area contributed by atoms with E-state index >= 15 is 0 Å². The summed E-state index contributed by atoms with van der Waals surface area (Å²) in [6.45, 7) is 5.09. The lowest BCUT2D eigenvalue weighted by Gasteiger charge is -2.42. The van der Waals surface area contributed by atoms with E-state index in [1.165, 1.54) is 6.20 Å². The molecule has 0 radical (unpaired) electrons. The average Bonchev–Trinajstić information content (AvgIpc) is 2.38. The molecule has 0 saturated carbocycles. The van der Waals surface area contributed by atoms with Crippen LogP contribution in [0, 0.1) is 0 Å². The van der Waals surface area contributed by atoms with Gasteiger partial charge in [-0.05, 0) is 6.92 Å². The first kappa shape index (κ1) is 18.1. The van der Waals surface area contributed by atoms with E-state index in [0.29, 0.717) is 5.70 Å². The Balaban J connectivity index is 0.00000154. The van der Waals surface area contributed by atoms with E-state index < -0.39 is 37.3 Å². The predicted octanol–water partition coefficient (Wildman–Crippen LogP) is -2.19. The smallest absolute Gasteiger partial charge is 0.172 e. The third kappa shape index (κ3) is 4.60. The largest absolute Gasteiger partial charge is 0.401 e. The molecule has 0 aromatic rings. The third-order valence-electron chi connectivity index (χ3n) is 2.51. The molecule has 0 bridgehead atoms. The SMILES string of the molecule is C/C(N)=C/N(N)C1OC(CO)C(O)C(O)C1O.CC. The summed E-state index contributed by atoms with van der Waals surface area (Å²) in [4.78, 5) is 0. The van der Waals surface area contributed by atoms with Gasteiger partial charge in [-0.25, -0.2) is 5.84 Å². The fourth-order valence-corrected chi connectivity index (χ4v) is 1.64. The number of hydrogen-bond donors (Lipinski definition) is 6. The molecule has 1 saturated heterocycles. The van der Waals surface area contributed by atoms with Crippen molar-refractivity contribution in [2.75, 3.05) is 6.61 Å². The summed E-state index contributed by atoms with van der Waals surface area (Å²) in [6.07, 6.45) is -5.04. The summed E-state index contributed by atoms with van der Waals surface area (Å²) in [5.74, 6) is 5.58. The Hall–Kier alpha value is -0.900. The zero-order valence-electron chi connectivity index (χ0n) is 11.5. The van der Waals surface area contributed by atoms with Gasteiger partial charge in [0, 0.05) is 11.9 Å². The first-order valence-electron chi connectivity index (χ1n) is 6.16. The highest BCUT2D eigenvalue weighted by Crippen LogP contribution is 2.22. The monoisotopic (exact) mass is 279 g/mol.